The second-order valence-electron chi connectivity index (χ2n) is 5.76. The van der Waals surface area contributed by atoms with Crippen LogP contribution in [0.1, 0.15) is 24.8 Å². The molecular formula is C16H22N2O3. The van der Waals surface area contributed by atoms with Crippen molar-refractivity contribution in [1.82, 2.24) is 4.90 Å². The molecule has 2 N–H and O–H groups in total. The Hall–Kier alpha value is -1.88. The zero-order valence-corrected chi connectivity index (χ0v) is 12.5. The number of hydrogen-bond donors (Lipinski definition) is 2. The van der Waals surface area contributed by atoms with E-state index in [1.54, 1.807) is 19.2 Å². The van der Waals surface area contributed by atoms with Crippen molar-refractivity contribution in [3.05, 3.63) is 29.8 Å². The zero-order valence-electron chi connectivity index (χ0n) is 12.5. The summed E-state index contributed by atoms with van der Waals surface area (Å²) in [6.07, 6.45) is 2.30. The highest BCUT2D eigenvalue weighted by Gasteiger charge is 2.29. The van der Waals surface area contributed by atoms with Gasteiger partial charge in [0.15, 0.2) is 0 Å². The number of carbonyl (C=O) groups is 2. The average molecular weight is 290 g/mol. The first-order valence-corrected chi connectivity index (χ1v) is 7.28. The Morgan fingerprint density at radius 1 is 1.29 bits per heavy atom. The first-order valence-electron chi connectivity index (χ1n) is 7.28. The van der Waals surface area contributed by atoms with Crippen LogP contribution in [-0.2, 0) is 9.59 Å². The van der Waals surface area contributed by atoms with Gasteiger partial charge in [-0.15, -0.1) is 0 Å². The number of likely N-dealkylation sites (N-methyl/N-ethyl adjacent to an activating group) is 1. The highest BCUT2D eigenvalue weighted by molar-refractivity contribution is 6.39. The van der Waals surface area contributed by atoms with Gasteiger partial charge in [-0.3, -0.25) is 9.59 Å². The minimum atomic E-state index is -0.645. The summed E-state index contributed by atoms with van der Waals surface area (Å²) in [5, 5.41) is 12.4. The lowest BCUT2D eigenvalue weighted by molar-refractivity contribution is -0.142. The van der Waals surface area contributed by atoms with Crippen LogP contribution in [0.5, 0.6) is 0 Å². The molecule has 0 radical (unpaired) electrons. The molecule has 0 spiro atoms. The predicted molar refractivity (Wildman–Crippen MR) is 80.8 cm³/mol. The van der Waals surface area contributed by atoms with Crippen LogP contribution in [0.2, 0.25) is 0 Å². The van der Waals surface area contributed by atoms with E-state index in [1.807, 2.05) is 19.1 Å². The molecule has 0 heterocycles. The summed E-state index contributed by atoms with van der Waals surface area (Å²) in [5.74, 6) is -1.14. The lowest BCUT2D eigenvalue weighted by Gasteiger charge is -2.22. The molecule has 0 saturated heterocycles. The molecule has 1 aromatic carbocycles. The van der Waals surface area contributed by atoms with E-state index in [9.17, 15) is 14.7 Å². The molecule has 1 aliphatic rings. The summed E-state index contributed by atoms with van der Waals surface area (Å²) >= 11 is 0. The maximum absolute atomic E-state index is 12.0. The lowest BCUT2D eigenvalue weighted by atomic mass is 10.1. The molecule has 21 heavy (non-hydrogen) atoms. The number of carbonyl (C=O) groups excluding carboxylic acids is 2. The van der Waals surface area contributed by atoms with Crippen LogP contribution in [0.4, 0.5) is 5.69 Å². The van der Waals surface area contributed by atoms with Crippen molar-refractivity contribution in [3.63, 3.8) is 0 Å². The number of anilines is 1. The fourth-order valence-electron chi connectivity index (χ4n) is 2.66. The van der Waals surface area contributed by atoms with Gasteiger partial charge in [0.1, 0.15) is 0 Å². The fraction of sp³-hybridized carbons (Fsp3) is 0.500. The Bertz CT molecular complexity index is 513. The number of rotatable bonds is 3. The van der Waals surface area contributed by atoms with Gasteiger partial charge in [-0.1, -0.05) is 24.1 Å². The molecule has 1 fully saturated rings. The molecule has 114 valence electrons. The predicted octanol–water partition coefficient (Wildman–Crippen LogP) is 1.55. The Labute approximate surface area is 125 Å². The second-order valence-corrected chi connectivity index (χ2v) is 5.76. The van der Waals surface area contributed by atoms with Crippen molar-refractivity contribution in [1.29, 1.82) is 0 Å². The van der Waals surface area contributed by atoms with E-state index < -0.39 is 11.8 Å². The Morgan fingerprint density at radius 3 is 2.52 bits per heavy atom. The Morgan fingerprint density at radius 2 is 1.95 bits per heavy atom. The summed E-state index contributed by atoms with van der Waals surface area (Å²) in [5.41, 5.74) is 1.69. The van der Waals surface area contributed by atoms with Crippen molar-refractivity contribution >= 4 is 17.5 Å². The topological polar surface area (TPSA) is 69.6 Å². The summed E-state index contributed by atoms with van der Waals surface area (Å²) < 4.78 is 0. The molecule has 0 aliphatic heterocycles. The van der Waals surface area contributed by atoms with E-state index in [0.717, 1.165) is 24.8 Å². The fourth-order valence-corrected chi connectivity index (χ4v) is 2.66. The maximum Gasteiger partial charge on any atom is 0.313 e. The van der Waals surface area contributed by atoms with Crippen molar-refractivity contribution < 1.29 is 14.7 Å². The number of aliphatic hydroxyl groups is 1. The van der Waals surface area contributed by atoms with Crippen LogP contribution in [-0.4, -0.2) is 41.5 Å². The second kappa shape index (κ2) is 6.72. The van der Waals surface area contributed by atoms with Gasteiger partial charge in [0.05, 0.1) is 6.10 Å². The van der Waals surface area contributed by atoms with Gasteiger partial charge in [0.25, 0.3) is 0 Å². The minimum absolute atomic E-state index is 0.0751. The summed E-state index contributed by atoms with van der Waals surface area (Å²) in [6, 6.07) is 7.28. The minimum Gasteiger partial charge on any atom is -0.393 e. The summed E-state index contributed by atoms with van der Waals surface area (Å²) in [4.78, 5) is 25.4. The van der Waals surface area contributed by atoms with E-state index >= 15 is 0 Å². The first-order chi connectivity index (χ1) is 9.97. The highest BCUT2D eigenvalue weighted by atomic mass is 16.3. The number of nitrogens with one attached hydrogen (secondary N) is 1. The quantitative estimate of drug-likeness (QED) is 0.830. The van der Waals surface area contributed by atoms with Gasteiger partial charge < -0.3 is 15.3 Å². The maximum atomic E-state index is 12.0. The molecule has 0 aromatic heterocycles. The zero-order chi connectivity index (χ0) is 15.4. The average Bonchev–Trinajstić information content (AvgIpc) is 2.86. The van der Waals surface area contributed by atoms with Crippen molar-refractivity contribution in [3.8, 4) is 0 Å². The van der Waals surface area contributed by atoms with Crippen LogP contribution >= 0.6 is 0 Å². The molecule has 1 aromatic rings. The van der Waals surface area contributed by atoms with Gasteiger partial charge >= 0.3 is 11.8 Å². The third-order valence-corrected chi connectivity index (χ3v) is 3.98. The van der Waals surface area contributed by atoms with E-state index in [-0.39, 0.29) is 12.0 Å². The number of benzene rings is 1. The van der Waals surface area contributed by atoms with Crippen molar-refractivity contribution in [2.24, 2.45) is 5.92 Å². The number of amides is 2. The van der Waals surface area contributed by atoms with E-state index in [1.165, 1.54) is 4.90 Å². The SMILES string of the molecule is Cc1ccc(NC(=O)C(=O)N(C)CC2CCCC2O)cc1. The van der Waals surface area contributed by atoms with Crippen LogP contribution in [0.15, 0.2) is 24.3 Å². The molecule has 0 bridgehead atoms. The Balaban J connectivity index is 1.89. The molecular weight excluding hydrogens is 268 g/mol. The van der Waals surface area contributed by atoms with Gasteiger partial charge in [-0.2, -0.15) is 0 Å². The number of nitrogens with zero attached hydrogens (tertiary/aromatic N) is 1. The van der Waals surface area contributed by atoms with Gasteiger partial charge in [-0.25, -0.2) is 0 Å². The normalized spacial score (nSPS) is 21.1. The molecule has 2 atom stereocenters. The molecule has 5 nitrogen and oxygen atoms in total. The van der Waals surface area contributed by atoms with Crippen molar-refractivity contribution in [2.75, 3.05) is 18.9 Å². The van der Waals surface area contributed by atoms with Gasteiger partial charge in [-0.05, 0) is 31.9 Å². The number of aliphatic hydroxyl groups excluding tert-OH is 1. The molecule has 1 saturated carbocycles. The molecule has 2 amide bonds. The van der Waals surface area contributed by atoms with Crippen LogP contribution < -0.4 is 5.32 Å². The molecule has 2 unspecified atom stereocenters. The van der Waals surface area contributed by atoms with Crippen LogP contribution in [0.3, 0.4) is 0 Å². The standard InChI is InChI=1S/C16H22N2O3/c1-11-6-8-13(9-7-11)17-15(20)16(21)18(2)10-12-4-3-5-14(12)19/h6-9,12,14,19H,3-5,10H2,1-2H3,(H,17,20). The van der Waals surface area contributed by atoms with Gasteiger partial charge in [0, 0.05) is 25.2 Å². The van der Waals surface area contributed by atoms with Crippen molar-refractivity contribution in [2.45, 2.75) is 32.3 Å². The third-order valence-electron chi connectivity index (χ3n) is 3.98. The van der Waals surface area contributed by atoms with E-state index in [0.29, 0.717) is 12.2 Å². The van der Waals surface area contributed by atoms with Crippen LogP contribution in [0.25, 0.3) is 0 Å². The first kappa shape index (κ1) is 15.5. The Kier molecular flexibility index (Phi) is 4.96. The number of aryl methyl sites for hydroxylation is 1. The molecule has 1 aliphatic carbocycles. The van der Waals surface area contributed by atoms with E-state index in [4.69, 9.17) is 0 Å². The third kappa shape index (κ3) is 4.04. The smallest absolute Gasteiger partial charge is 0.313 e. The monoisotopic (exact) mass is 290 g/mol. The largest absolute Gasteiger partial charge is 0.393 e. The lowest BCUT2D eigenvalue weighted by Crippen LogP contribution is -2.40. The molecule has 5 heteroatoms. The number of hydrogen-bond acceptors (Lipinski definition) is 3. The molecule has 2 rings (SSSR count). The summed E-state index contributed by atoms with van der Waals surface area (Å²) in [6.45, 7) is 2.37. The highest BCUT2D eigenvalue weighted by Crippen LogP contribution is 2.26. The van der Waals surface area contributed by atoms with Gasteiger partial charge in [0.2, 0.25) is 0 Å². The van der Waals surface area contributed by atoms with E-state index in [2.05, 4.69) is 5.32 Å². The summed E-state index contributed by atoms with van der Waals surface area (Å²) in [7, 11) is 1.60. The van der Waals surface area contributed by atoms with Crippen LogP contribution in [0, 0.1) is 12.8 Å².